The Kier molecular flexibility index (Phi) is 7.01. The largest absolute Gasteiger partial charge is 0.493 e. The van der Waals surface area contributed by atoms with E-state index in [1.165, 1.54) is 7.11 Å². The summed E-state index contributed by atoms with van der Waals surface area (Å²) in [7, 11) is -2.23. The Morgan fingerprint density at radius 1 is 1.26 bits per heavy atom. The second kappa shape index (κ2) is 8.74. The fourth-order valence-electron chi connectivity index (χ4n) is 1.83. The molecule has 0 fully saturated rings. The minimum Gasteiger partial charge on any atom is -0.493 e. The minimum atomic E-state index is -3.71. The Balaban J connectivity index is 3.17. The van der Waals surface area contributed by atoms with Crippen LogP contribution in [0.4, 0.5) is 0 Å². The molecule has 0 heterocycles. The van der Waals surface area contributed by atoms with Crippen molar-refractivity contribution >= 4 is 9.84 Å². The molecule has 0 N–H and O–H groups in total. The third-order valence-corrected chi connectivity index (χ3v) is 4.13. The number of azide groups is 2. The molecule has 0 saturated heterocycles. The van der Waals surface area contributed by atoms with E-state index >= 15 is 0 Å². The lowest BCUT2D eigenvalue weighted by Crippen LogP contribution is -2.15. The minimum absolute atomic E-state index is 0.390. The molecular weight excluding hydrogens is 324 g/mol. The van der Waals surface area contributed by atoms with Crippen LogP contribution < -0.4 is 9.47 Å². The van der Waals surface area contributed by atoms with Gasteiger partial charge in [-0.2, -0.15) is 0 Å². The second-order valence-electron chi connectivity index (χ2n) is 4.33. The van der Waals surface area contributed by atoms with Crippen LogP contribution in [-0.2, 0) is 9.84 Å². The van der Waals surface area contributed by atoms with Gasteiger partial charge in [0.2, 0.25) is 0 Å². The Labute approximate surface area is 133 Å². The van der Waals surface area contributed by atoms with E-state index in [1.807, 2.05) is 0 Å². The first-order chi connectivity index (χ1) is 11.0. The van der Waals surface area contributed by atoms with Crippen molar-refractivity contribution in [1.29, 1.82) is 0 Å². The Morgan fingerprint density at radius 3 is 2.57 bits per heavy atom. The molecule has 1 unspecified atom stereocenters. The normalized spacial score (nSPS) is 11.7. The van der Waals surface area contributed by atoms with Crippen LogP contribution in [0.1, 0.15) is 18.5 Å². The third-order valence-electron chi connectivity index (χ3n) is 2.79. The van der Waals surface area contributed by atoms with E-state index in [0.717, 1.165) is 0 Å². The average molecular weight is 340 g/mol. The summed E-state index contributed by atoms with van der Waals surface area (Å²) < 4.78 is 34.3. The van der Waals surface area contributed by atoms with E-state index in [1.54, 1.807) is 25.1 Å². The molecule has 1 rings (SSSR count). The molecule has 0 aliphatic rings. The van der Waals surface area contributed by atoms with Crippen LogP contribution in [0.25, 0.3) is 20.9 Å². The predicted molar refractivity (Wildman–Crippen MR) is 83.8 cm³/mol. The molecule has 10 nitrogen and oxygen atoms in total. The Bertz CT molecular complexity index is 738. The van der Waals surface area contributed by atoms with E-state index in [0.29, 0.717) is 23.7 Å². The summed E-state index contributed by atoms with van der Waals surface area (Å²) in [5, 5.41) is 6.55. The van der Waals surface area contributed by atoms with Crippen LogP contribution in [0.3, 0.4) is 0 Å². The van der Waals surface area contributed by atoms with Gasteiger partial charge in [0.15, 0.2) is 21.3 Å². The number of hydrogen-bond acceptors (Lipinski definition) is 6. The van der Waals surface area contributed by atoms with Crippen molar-refractivity contribution in [2.45, 2.75) is 13.0 Å². The maximum absolute atomic E-state index is 11.9. The molecule has 0 bridgehead atoms. The molecule has 0 radical (unpaired) electrons. The van der Waals surface area contributed by atoms with Crippen molar-refractivity contribution in [3.05, 3.63) is 44.6 Å². The highest BCUT2D eigenvalue weighted by atomic mass is 32.2. The zero-order chi connectivity index (χ0) is 17.3. The highest BCUT2D eigenvalue weighted by Crippen LogP contribution is 2.32. The first kappa shape index (κ1) is 18.4. The molecule has 1 atom stereocenters. The topological polar surface area (TPSA) is 150 Å². The fourth-order valence-corrected chi connectivity index (χ4v) is 2.91. The van der Waals surface area contributed by atoms with Crippen LogP contribution in [0.5, 0.6) is 11.5 Å². The summed E-state index contributed by atoms with van der Waals surface area (Å²) >= 11 is 0. The zero-order valence-electron chi connectivity index (χ0n) is 12.7. The molecule has 11 heteroatoms. The van der Waals surface area contributed by atoms with E-state index in [4.69, 9.17) is 20.5 Å². The van der Waals surface area contributed by atoms with Gasteiger partial charge in [0, 0.05) is 9.82 Å². The summed E-state index contributed by atoms with van der Waals surface area (Å²) in [6.45, 7) is 2.18. The van der Waals surface area contributed by atoms with Crippen LogP contribution in [-0.4, -0.2) is 33.8 Å². The molecule has 124 valence electrons. The number of nitrogens with zero attached hydrogens (tertiary/aromatic N) is 6. The molecule has 0 aliphatic carbocycles. The lowest BCUT2D eigenvalue weighted by molar-refractivity contribution is 0.310. The maximum atomic E-state index is 11.9. The SMILES string of the molecule is CCOc1cc(C(CS(=O)(=O)CN=[N+]=[N-])N=[N+]=[N-])ccc1OC. The van der Waals surface area contributed by atoms with Crippen molar-refractivity contribution in [3.63, 3.8) is 0 Å². The standard InChI is InChI=1S/C12H16N6O4S/c1-3-22-12-6-9(4-5-11(12)21-2)10(16-18-14)7-23(19,20)8-15-17-13/h4-6,10H,3,7-8H2,1-2H3. The molecular formula is C12H16N6O4S. The van der Waals surface area contributed by atoms with Crippen molar-refractivity contribution < 1.29 is 17.9 Å². The highest BCUT2D eigenvalue weighted by Gasteiger charge is 2.21. The zero-order valence-corrected chi connectivity index (χ0v) is 13.5. The van der Waals surface area contributed by atoms with Gasteiger partial charge in [-0.25, -0.2) is 8.42 Å². The molecule has 0 amide bonds. The molecule has 23 heavy (non-hydrogen) atoms. The summed E-state index contributed by atoms with van der Waals surface area (Å²) in [6, 6.07) is 3.78. The fraction of sp³-hybridized carbons (Fsp3) is 0.500. The quantitative estimate of drug-likeness (QED) is 0.385. The van der Waals surface area contributed by atoms with Crippen LogP contribution in [0.2, 0.25) is 0 Å². The van der Waals surface area contributed by atoms with Crippen LogP contribution in [0.15, 0.2) is 28.4 Å². The molecule has 1 aromatic rings. The van der Waals surface area contributed by atoms with Gasteiger partial charge < -0.3 is 9.47 Å². The summed E-state index contributed by atoms with van der Waals surface area (Å²) in [6.07, 6.45) is 0. The number of benzene rings is 1. The van der Waals surface area contributed by atoms with Gasteiger partial charge in [0.05, 0.1) is 25.5 Å². The van der Waals surface area contributed by atoms with Crippen molar-refractivity contribution in [3.8, 4) is 11.5 Å². The summed E-state index contributed by atoms with van der Waals surface area (Å²) in [5.74, 6) is -0.283. The molecule has 0 aromatic heterocycles. The maximum Gasteiger partial charge on any atom is 0.161 e. The molecule has 0 aliphatic heterocycles. The monoisotopic (exact) mass is 340 g/mol. The Morgan fingerprint density at radius 2 is 2.00 bits per heavy atom. The highest BCUT2D eigenvalue weighted by molar-refractivity contribution is 7.91. The number of hydrogen-bond donors (Lipinski definition) is 0. The number of sulfone groups is 1. The summed E-state index contributed by atoms with van der Waals surface area (Å²) in [5.41, 5.74) is 17.3. The van der Waals surface area contributed by atoms with Crippen molar-refractivity contribution in [2.75, 3.05) is 25.3 Å². The number of ether oxygens (including phenoxy) is 2. The molecule has 1 aromatic carbocycles. The molecule has 0 saturated carbocycles. The lowest BCUT2D eigenvalue weighted by atomic mass is 10.1. The third kappa shape index (κ3) is 5.59. The van der Waals surface area contributed by atoms with Crippen LogP contribution in [0, 0.1) is 0 Å². The van der Waals surface area contributed by atoms with E-state index in [-0.39, 0.29) is 0 Å². The van der Waals surface area contributed by atoms with E-state index < -0.39 is 27.5 Å². The second-order valence-corrected chi connectivity index (χ2v) is 6.41. The summed E-state index contributed by atoms with van der Waals surface area (Å²) in [4.78, 5) is 5.09. The smallest absolute Gasteiger partial charge is 0.161 e. The van der Waals surface area contributed by atoms with Gasteiger partial charge >= 0.3 is 0 Å². The lowest BCUT2D eigenvalue weighted by Gasteiger charge is -2.15. The average Bonchev–Trinajstić information content (AvgIpc) is 2.53. The number of rotatable bonds is 9. The number of methoxy groups -OCH3 is 1. The van der Waals surface area contributed by atoms with Crippen molar-refractivity contribution in [2.24, 2.45) is 10.2 Å². The van der Waals surface area contributed by atoms with Crippen molar-refractivity contribution in [1.82, 2.24) is 0 Å². The predicted octanol–water partition coefficient (Wildman–Crippen LogP) is 3.13. The molecule has 0 spiro atoms. The van der Waals surface area contributed by atoms with Gasteiger partial charge in [0.25, 0.3) is 0 Å². The van der Waals surface area contributed by atoms with Gasteiger partial charge in [-0.15, -0.1) is 0 Å². The van der Waals surface area contributed by atoms with Gasteiger partial charge in [-0.3, -0.25) is 0 Å². The first-order valence-corrected chi connectivity index (χ1v) is 8.35. The van der Waals surface area contributed by atoms with E-state index in [9.17, 15) is 8.42 Å². The Hall–Kier alpha value is -2.61. The van der Waals surface area contributed by atoms with Gasteiger partial charge in [-0.05, 0) is 35.7 Å². The van der Waals surface area contributed by atoms with Gasteiger partial charge in [0.1, 0.15) is 5.88 Å². The van der Waals surface area contributed by atoms with E-state index in [2.05, 4.69) is 20.1 Å². The van der Waals surface area contributed by atoms with Crippen LogP contribution >= 0.6 is 0 Å². The first-order valence-electron chi connectivity index (χ1n) is 6.53. The van der Waals surface area contributed by atoms with Gasteiger partial charge in [-0.1, -0.05) is 16.3 Å².